The summed E-state index contributed by atoms with van der Waals surface area (Å²) in [5, 5.41) is 0. The van der Waals surface area contributed by atoms with Crippen LogP contribution in [0.4, 0.5) is 26.3 Å². The van der Waals surface area contributed by atoms with Crippen LogP contribution in [0.3, 0.4) is 0 Å². The minimum atomic E-state index is -6.21. The van der Waals surface area contributed by atoms with Gasteiger partial charge in [0.15, 0.2) is 11.6 Å². The molecule has 0 heterocycles. The third-order valence-corrected chi connectivity index (χ3v) is 2.39. The largest absolute Gasteiger partial charge is 0.534 e. The lowest BCUT2D eigenvalue weighted by atomic mass is 10.3. The summed E-state index contributed by atoms with van der Waals surface area (Å²) in [5.41, 5.74) is -5.85. The molecule has 0 unspecified atom stereocenters. The molecule has 17 heavy (non-hydrogen) atoms. The highest BCUT2D eigenvalue weighted by atomic mass is 32.2. The second-order valence-corrected chi connectivity index (χ2v) is 4.22. The van der Waals surface area contributed by atoms with Gasteiger partial charge in [-0.3, -0.25) is 0 Å². The number of rotatable bonds is 2. The summed E-state index contributed by atoms with van der Waals surface area (Å²) in [5.74, 6) is -7.09. The molecule has 96 valence electrons. The number of benzene rings is 1. The van der Waals surface area contributed by atoms with Gasteiger partial charge in [-0.2, -0.15) is 21.6 Å². The van der Waals surface area contributed by atoms with Crippen molar-refractivity contribution in [2.75, 3.05) is 0 Å². The number of alkyl halides is 3. The van der Waals surface area contributed by atoms with Crippen LogP contribution >= 0.6 is 0 Å². The topological polar surface area (TPSA) is 43.4 Å². The van der Waals surface area contributed by atoms with E-state index in [1.807, 2.05) is 0 Å². The van der Waals surface area contributed by atoms with Gasteiger partial charge in [0, 0.05) is 12.1 Å². The van der Waals surface area contributed by atoms with E-state index in [9.17, 15) is 34.8 Å². The van der Waals surface area contributed by atoms with E-state index in [1.165, 1.54) is 0 Å². The molecule has 1 aromatic rings. The van der Waals surface area contributed by atoms with Gasteiger partial charge in [-0.05, 0) is 0 Å². The van der Waals surface area contributed by atoms with Gasteiger partial charge < -0.3 is 4.18 Å². The fraction of sp³-hybridized carbons (Fsp3) is 0.143. The molecule has 0 bridgehead atoms. The van der Waals surface area contributed by atoms with Crippen LogP contribution in [-0.2, 0) is 10.1 Å². The monoisotopic (exact) mass is 280 g/mol. The Balaban J connectivity index is 3.22. The average molecular weight is 280 g/mol. The molecule has 0 atom stereocenters. The van der Waals surface area contributed by atoms with Gasteiger partial charge in [-0.15, -0.1) is 0 Å². The Morgan fingerprint density at radius 1 is 1.00 bits per heavy atom. The minimum Gasteiger partial charge on any atom is -0.370 e. The van der Waals surface area contributed by atoms with Crippen molar-refractivity contribution in [3.8, 4) is 5.75 Å². The van der Waals surface area contributed by atoms with E-state index in [0.29, 0.717) is 0 Å². The van der Waals surface area contributed by atoms with Gasteiger partial charge in [0.25, 0.3) is 0 Å². The molecular weight excluding hydrogens is 278 g/mol. The van der Waals surface area contributed by atoms with Crippen molar-refractivity contribution in [3.63, 3.8) is 0 Å². The predicted octanol–water partition coefficient (Wildman–Crippen LogP) is 2.33. The highest BCUT2D eigenvalue weighted by Crippen LogP contribution is 2.30. The Hall–Kier alpha value is -1.45. The molecule has 0 amide bonds. The third-order valence-electron chi connectivity index (χ3n) is 1.44. The Bertz CT molecular complexity index is 512. The van der Waals surface area contributed by atoms with Crippen LogP contribution in [-0.4, -0.2) is 13.9 Å². The molecule has 1 aromatic carbocycles. The van der Waals surface area contributed by atoms with Crippen LogP contribution in [0.15, 0.2) is 12.1 Å². The molecule has 0 fully saturated rings. The second kappa shape index (κ2) is 4.09. The van der Waals surface area contributed by atoms with E-state index in [2.05, 4.69) is 4.18 Å². The zero-order chi connectivity index (χ0) is 13.4. The average Bonchev–Trinajstić information content (AvgIpc) is 2.09. The lowest BCUT2D eigenvalue weighted by Crippen LogP contribution is -2.28. The van der Waals surface area contributed by atoms with Gasteiger partial charge in [0.05, 0.1) is 0 Å². The number of hydrogen-bond donors (Lipinski definition) is 0. The summed E-state index contributed by atoms with van der Waals surface area (Å²) in [6.45, 7) is 0. The summed E-state index contributed by atoms with van der Waals surface area (Å²) in [7, 11) is -6.21. The van der Waals surface area contributed by atoms with Crippen LogP contribution in [0.25, 0.3) is 0 Å². The molecule has 0 radical (unpaired) electrons. The van der Waals surface area contributed by atoms with Gasteiger partial charge in [-0.1, -0.05) is 0 Å². The molecule has 0 saturated carbocycles. The lowest BCUT2D eigenvalue weighted by molar-refractivity contribution is -0.0501. The van der Waals surface area contributed by atoms with Gasteiger partial charge >= 0.3 is 15.6 Å². The van der Waals surface area contributed by atoms with Crippen LogP contribution in [0.1, 0.15) is 0 Å². The van der Waals surface area contributed by atoms with Gasteiger partial charge in [0.1, 0.15) is 5.82 Å². The van der Waals surface area contributed by atoms with Crippen molar-refractivity contribution in [1.29, 1.82) is 0 Å². The summed E-state index contributed by atoms with van der Waals surface area (Å²) >= 11 is 0. The van der Waals surface area contributed by atoms with E-state index in [1.54, 1.807) is 0 Å². The fourth-order valence-electron chi connectivity index (χ4n) is 0.766. The van der Waals surface area contributed by atoms with Crippen LogP contribution < -0.4 is 4.18 Å². The molecular formula is C7H2F6O3S. The highest BCUT2D eigenvalue weighted by molar-refractivity contribution is 7.88. The quantitative estimate of drug-likeness (QED) is 0.474. The van der Waals surface area contributed by atoms with Crippen LogP contribution in [0, 0.1) is 17.5 Å². The first kappa shape index (κ1) is 13.6. The Morgan fingerprint density at radius 3 is 1.76 bits per heavy atom. The Morgan fingerprint density at radius 2 is 1.41 bits per heavy atom. The summed E-state index contributed by atoms with van der Waals surface area (Å²) in [6.07, 6.45) is 0. The van der Waals surface area contributed by atoms with E-state index in [0.717, 1.165) is 0 Å². The number of halogens is 6. The first-order valence-electron chi connectivity index (χ1n) is 3.70. The van der Waals surface area contributed by atoms with Crippen molar-refractivity contribution >= 4 is 10.1 Å². The second-order valence-electron chi connectivity index (χ2n) is 2.68. The SMILES string of the molecule is O=S(=O)(Oc1c(F)cc(F)cc1F)C(F)(F)F. The highest BCUT2D eigenvalue weighted by Gasteiger charge is 2.49. The van der Waals surface area contributed by atoms with Crippen LogP contribution in [0.2, 0.25) is 0 Å². The maximum absolute atomic E-state index is 12.8. The number of hydrogen-bond acceptors (Lipinski definition) is 3. The van der Waals surface area contributed by atoms with Gasteiger partial charge in [0.2, 0.25) is 5.75 Å². The van der Waals surface area contributed by atoms with E-state index >= 15 is 0 Å². The molecule has 1 rings (SSSR count). The van der Waals surface area contributed by atoms with Crippen LogP contribution in [0.5, 0.6) is 5.75 Å². The maximum Gasteiger partial charge on any atom is 0.534 e. The lowest BCUT2D eigenvalue weighted by Gasteiger charge is -2.10. The van der Waals surface area contributed by atoms with Crippen molar-refractivity contribution in [3.05, 3.63) is 29.6 Å². The first-order valence-corrected chi connectivity index (χ1v) is 5.11. The Kier molecular flexibility index (Phi) is 3.28. The molecule has 0 aliphatic rings. The molecule has 0 N–H and O–H groups in total. The molecule has 0 aliphatic carbocycles. The minimum absolute atomic E-state index is 0.0235. The van der Waals surface area contributed by atoms with E-state index < -0.39 is 38.8 Å². The van der Waals surface area contributed by atoms with Crippen molar-refractivity contribution in [2.24, 2.45) is 0 Å². The normalized spacial score (nSPS) is 12.6. The zero-order valence-electron chi connectivity index (χ0n) is 7.56. The summed E-state index contributed by atoms with van der Waals surface area (Å²) < 4.78 is 97.5. The molecule has 0 aromatic heterocycles. The molecule has 3 nitrogen and oxygen atoms in total. The Labute approximate surface area is 90.7 Å². The summed E-state index contributed by atoms with van der Waals surface area (Å²) in [4.78, 5) is 0. The predicted molar refractivity (Wildman–Crippen MR) is 41.9 cm³/mol. The molecule has 0 aliphatic heterocycles. The van der Waals surface area contributed by atoms with Crippen molar-refractivity contribution < 1.29 is 38.9 Å². The molecule has 10 heteroatoms. The molecule has 0 saturated heterocycles. The maximum atomic E-state index is 12.8. The van der Waals surface area contributed by atoms with Crippen molar-refractivity contribution in [1.82, 2.24) is 0 Å². The fourth-order valence-corrected chi connectivity index (χ4v) is 1.24. The summed E-state index contributed by atoms with van der Waals surface area (Å²) in [6, 6.07) is -0.0470. The zero-order valence-corrected chi connectivity index (χ0v) is 8.37. The van der Waals surface area contributed by atoms with Gasteiger partial charge in [-0.25, -0.2) is 13.2 Å². The van der Waals surface area contributed by atoms with E-state index in [-0.39, 0.29) is 12.1 Å². The first-order chi connectivity index (χ1) is 7.54. The molecule has 0 spiro atoms. The smallest absolute Gasteiger partial charge is 0.370 e. The third kappa shape index (κ3) is 2.81. The van der Waals surface area contributed by atoms with E-state index in [4.69, 9.17) is 0 Å². The standard InChI is InChI=1S/C7H2F6O3S/c8-3-1-4(9)6(5(10)2-3)16-17(14,15)7(11,12)13/h1-2H. The van der Waals surface area contributed by atoms with Crippen molar-refractivity contribution in [2.45, 2.75) is 5.51 Å².